The summed E-state index contributed by atoms with van der Waals surface area (Å²) in [7, 11) is 0. The fourth-order valence-electron chi connectivity index (χ4n) is 1.65. The number of nitrogens with zero attached hydrogens (tertiary/aromatic N) is 1. The molecule has 1 aromatic rings. The van der Waals surface area contributed by atoms with Crippen molar-refractivity contribution in [2.24, 2.45) is 5.73 Å². The van der Waals surface area contributed by atoms with Crippen molar-refractivity contribution in [1.29, 1.82) is 0 Å². The summed E-state index contributed by atoms with van der Waals surface area (Å²) in [5, 5.41) is 0. The van der Waals surface area contributed by atoms with Crippen molar-refractivity contribution in [2.45, 2.75) is 13.1 Å². The van der Waals surface area contributed by atoms with E-state index in [2.05, 4.69) is 0 Å². The standard InChI is InChI=1S/C12H14F4N2O/c1-2-18(7-6-17)11(19)8-4-3-5-9(10(8)13)12(14,15)16/h3-5H,2,6-7,17H2,1H3. The van der Waals surface area contributed by atoms with Crippen LogP contribution in [0.4, 0.5) is 17.6 Å². The maximum absolute atomic E-state index is 13.8. The Bertz CT molecular complexity index is 460. The first-order valence-electron chi connectivity index (χ1n) is 5.68. The molecule has 0 bridgehead atoms. The highest BCUT2D eigenvalue weighted by Gasteiger charge is 2.36. The SMILES string of the molecule is CCN(CCN)C(=O)c1cccc(C(F)(F)F)c1F. The first-order valence-corrected chi connectivity index (χ1v) is 5.68. The molecule has 1 aromatic carbocycles. The Morgan fingerprint density at radius 2 is 2.00 bits per heavy atom. The summed E-state index contributed by atoms with van der Waals surface area (Å²) >= 11 is 0. The van der Waals surface area contributed by atoms with Gasteiger partial charge in [-0.1, -0.05) is 6.07 Å². The molecule has 1 rings (SSSR count). The molecule has 106 valence electrons. The average Bonchev–Trinajstić information content (AvgIpc) is 2.34. The lowest BCUT2D eigenvalue weighted by molar-refractivity contribution is -0.140. The van der Waals surface area contributed by atoms with E-state index in [1.165, 1.54) is 4.90 Å². The van der Waals surface area contributed by atoms with Gasteiger partial charge in [0.2, 0.25) is 0 Å². The van der Waals surface area contributed by atoms with Gasteiger partial charge in [-0.2, -0.15) is 13.2 Å². The van der Waals surface area contributed by atoms with Crippen LogP contribution in [-0.2, 0) is 6.18 Å². The molecule has 2 N–H and O–H groups in total. The molecule has 0 fully saturated rings. The summed E-state index contributed by atoms with van der Waals surface area (Å²) in [6, 6.07) is 2.65. The highest BCUT2D eigenvalue weighted by Crippen LogP contribution is 2.32. The van der Waals surface area contributed by atoms with Gasteiger partial charge in [0, 0.05) is 19.6 Å². The number of carbonyl (C=O) groups is 1. The van der Waals surface area contributed by atoms with Crippen LogP contribution in [0.2, 0.25) is 0 Å². The molecule has 1 amide bonds. The summed E-state index contributed by atoms with van der Waals surface area (Å²) in [6.07, 6.45) is -4.83. The maximum Gasteiger partial charge on any atom is 0.419 e. The van der Waals surface area contributed by atoms with E-state index in [1.807, 2.05) is 0 Å². The highest BCUT2D eigenvalue weighted by molar-refractivity contribution is 5.94. The van der Waals surface area contributed by atoms with Crippen molar-refractivity contribution in [3.05, 3.63) is 35.1 Å². The molecule has 3 nitrogen and oxygen atoms in total. The Morgan fingerprint density at radius 3 is 2.47 bits per heavy atom. The minimum Gasteiger partial charge on any atom is -0.338 e. The number of halogens is 4. The molecule has 7 heteroatoms. The predicted octanol–water partition coefficient (Wildman–Crippen LogP) is 2.27. The minimum atomic E-state index is -4.83. The zero-order chi connectivity index (χ0) is 14.6. The number of hydrogen-bond acceptors (Lipinski definition) is 2. The smallest absolute Gasteiger partial charge is 0.338 e. The van der Waals surface area contributed by atoms with Gasteiger partial charge in [-0.3, -0.25) is 4.79 Å². The molecular formula is C12H14F4N2O. The third kappa shape index (κ3) is 3.44. The second kappa shape index (κ2) is 6.01. The molecule has 0 atom stereocenters. The molecule has 0 spiro atoms. The van der Waals surface area contributed by atoms with E-state index in [0.717, 1.165) is 12.1 Å². The summed E-state index contributed by atoms with van der Waals surface area (Å²) in [4.78, 5) is 13.1. The predicted molar refractivity (Wildman–Crippen MR) is 62.0 cm³/mol. The quantitative estimate of drug-likeness (QED) is 0.859. The molecule has 0 aliphatic heterocycles. The first kappa shape index (κ1) is 15.4. The number of hydrogen-bond donors (Lipinski definition) is 1. The fourth-order valence-corrected chi connectivity index (χ4v) is 1.65. The lowest BCUT2D eigenvalue weighted by Gasteiger charge is -2.21. The number of benzene rings is 1. The zero-order valence-corrected chi connectivity index (χ0v) is 10.3. The number of rotatable bonds is 4. The van der Waals surface area contributed by atoms with Crippen molar-refractivity contribution in [3.63, 3.8) is 0 Å². The van der Waals surface area contributed by atoms with Crippen LogP contribution in [0, 0.1) is 5.82 Å². The van der Waals surface area contributed by atoms with Crippen molar-refractivity contribution in [2.75, 3.05) is 19.6 Å². The Hall–Kier alpha value is -1.63. The van der Waals surface area contributed by atoms with Crippen LogP contribution in [0.25, 0.3) is 0 Å². The van der Waals surface area contributed by atoms with E-state index in [0.29, 0.717) is 6.07 Å². The monoisotopic (exact) mass is 278 g/mol. The van der Waals surface area contributed by atoms with Gasteiger partial charge in [0.25, 0.3) is 5.91 Å². The summed E-state index contributed by atoms with van der Waals surface area (Å²) in [5.74, 6) is -2.34. The fraction of sp³-hybridized carbons (Fsp3) is 0.417. The van der Waals surface area contributed by atoms with Gasteiger partial charge in [-0.25, -0.2) is 4.39 Å². The van der Waals surface area contributed by atoms with Crippen LogP contribution >= 0.6 is 0 Å². The van der Waals surface area contributed by atoms with Crippen LogP contribution in [-0.4, -0.2) is 30.4 Å². The lowest BCUT2D eigenvalue weighted by atomic mass is 10.1. The summed E-state index contributed by atoms with van der Waals surface area (Å²) in [6.45, 7) is 2.19. The molecular weight excluding hydrogens is 264 g/mol. The largest absolute Gasteiger partial charge is 0.419 e. The average molecular weight is 278 g/mol. The van der Waals surface area contributed by atoms with E-state index in [9.17, 15) is 22.4 Å². The minimum absolute atomic E-state index is 0.153. The van der Waals surface area contributed by atoms with Gasteiger partial charge >= 0.3 is 6.18 Å². The van der Waals surface area contributed by atoms with Gasteiger partial charge in [-0.05, 0) is 19.1 Å². The van der Waals surface area contributed by atoms with E-state index >= 15 is 0 Å². The Kier molecular flexibility index (Phi) is 4.88. The number of likely N-dealkylation sites (N-methyl/N-ethyl adjacent to an activating group) is 1. The molecule has 0 aromatic heterocycles. The Balaban J connectivity index is 3.18. The highest BCUT2D eigenvalue weighted by atomic mass is 19.4. The molecule has 0 saturated heterocycles. The van der Waals surface area contributed by atoms with E-state index < -0.39 is 29.0 Å². The maximum atomic E-state index is 13.8. The molecule has 0 radical (unpaired) electrons. The summed E-state index contributed by atoms with van der Waals surface area (Å²) in [5.41, 5.74) is 3.26. The summed E-state index contributed by atoms with van der Waals surface area (Å²) < 4.78 is 51.4. The lowest BCUT2D eigenvalue weighted by Crippen LogP contribution is -2.35. The molecule has 0 heterocycles. The number of alkyl halides is 3. The molecule has 0 unspecified atom stereocenters. The third-order valence-electron chi connectivity index (χ3n) is 2.60. The van der Waals surface area contributed by atoms with E-state index in [-0.39, 0.29) is 19.6 Å². The second-order valence-corrected chi connectivity index (χ2v) is 3.84. The zero-order valence-electron chi connectivity index (χ0n) is 10.3. The van der Waals surface area contributed by atoms with Gasteiger partial charge < -0.3 is 10.6 Å². The normalized spacial score (nSPS) is 11.5. The van der Waals surface area contributed by atoms with Crippen molar-refractivity contribution in [1.82, 2.24) is 4.90 Å². The third-order valence-corrected chi connectivity index (χ3v) is 2.60. The van der Waals surface area contributed by atoms with E-state index in [1.54, 1.807) is 6.92 Å². The molecule has 0 aliphatic carbocycles. The number of carbonyl (C=O) groups excluding carboxylic acids is 1. The van der Waals surface area contributed by atoms with Crippen LogP contribution in [0.3, 0.4) is 0 Å². The Labute approximate surface area is 108 Å². The Morgan fingerprint density at radius 1 is 1.37 bits per heavy atom. The topological polar surface area (TPSA) is 46.3 Å². The van der Waals surface area contributed by atoms with Crippen molar-refractivity contribution < 1.29 is 22.4 Å². The molecule has 0 aliphatic rings. The second-order valence-electron chi connectivity index (χ2n) is 3.84. The first-order chi connectivity index (χ1) is 8.82. The number of amides is 1. The van der Waals surface area contributed by atoms with Crippen molar-refractivity contribution >= 4 is 5.91 Å². The van der Waals surface area contributed by atoms with Gasteiger partial charge in [-0.15, -0.1) is 0 Å². The van der Waals surface area contributed by atoms with Crippen LogP contribution in [0.1, 0.15) is 22.8 Å². The van der Waals surface area contributed by atoms with Gasteiger partial charge in [0.1, 0.15) is 5.82 Å². The van der Waals surface area contributed by atoms with Crippen molar-refractivity contribution in [3.8, 4) is 0 Å². The number of nitrogens with two attached hydrogens (primary N) is 1. The van der Waals surface area contributed by atoms with Gasteiger partial charge in [0.15, 0.2) is 0 Å². The van der Waals surface area contributed by atoms with Crippen LogP contribution in [0.15, 0.2) is 18.2 Å². The van der Waals surface area contributed by atoms with E-state index in [4.69, 9.17) is 5.73 Å². The van der Waals surface area contributed by atoms with Crippen LogP contribution < -0.4 is 5.73 Å². The molecule has 0 saturated carbocycles. The molecule has 19 heavy (non-hydrogen) atoms. The van der Waals surface area contributed by atoms with Crippen LogP contribution in [0.5, 0.6) is 0 Å². The van der Waals surface area contributed by atoms with Gasteiger partial charge in [0.05, 0.1) is 11.1 Å².